The van der Waals surface area contributed by atoms with Gasteiger partial charge >= 0.3 is 0 Å². The van der Waals surface area contributed by atoms with Crippen LogP contribution in [0.3, 0.4) is 0 Å². The second kappa shape index (κ2) is 8.02. The molecule has 29 heavy (non-hydrogen) atoms. The van der Waals surface area contributed by atoms with E-state index in [1.54, 1.807) is 12.1 Å². The molecule has 2 aromatic heterocycles. The average molecular weight is 417 g/mol. The number of benzene rings is 1. The van der Waals surface area contributed by atoms with Crippen molar-refractivity contribution in [2.75, 3.05) is 40.4 Å². The predicted octanol–water partition coefficient (Wildman–Crippen LogP) is 1.86. The number of aromatic nitrogens is 2. The highest BCUT2D eigenvalue weighted by molar-refractivity contribution is 7.89. The van der Waals surface area contributed by atoms with Crippen molar-refractivity contribution in [1.29, 1.82) is 0 Å². The summed E-state index contributed by atoms with van der Waals surface area (Å²) >= 11 is 0. The van der Waals surface area contributed by atoms with Crippen molar-refractivity contribution in [2.45, 2.75) is 11.4 Å². The molecule has 0 bridgehead atoms. The van der Waals surface area contributed by atoms with Crippen LogP contribution in [0.4, 0.5) is 0 Å². The molecule has 8 nitrogen and oxygen atoms in total. The van der Waals surface area contributed by atoms with Crippen LogP contribution in [0, 0.1) is 0 Å². The van der Waals surface area contributed by atoms with Crippen molar-refractivity contribution in [1.82, 2.24) is 18.6 Å². The van der Waals surface area contributed by atoms with Gasteiger partial charge in [0.05, 0.1) is 26.1 Å². The van der Waals surface area contributed by atoms with Gasteiger partial charge in [0.1, 0.15) is 22.0 Å². The zero-order valence-electron chi connectivity index (χ0n) is 16.5. The van der Waals surface area contributed by atoms with Gasteiger partial charge in [0.25, 0.3) is 0 Å². The quantitative estimate of drug-likeness (QED) is 0.611. The summed E-state index contributed by atoms with van der Waals surface area (Å²) < 4.78 is 40.4. The minimum Gasteiger partial charge on any atom is -0.497 e. The van der Waals surface area contributed by atoms with E-state index in [1.807, 2.05) is 30.6 Å². The number of nitrogens with zero attached hydrogens (tertiary/aromatic N) is 4. The number of imidazole rings is 1. The van der Waals surface area contributed by atoms with Crippen LogP contribution < -0.4 is 9.47 Å². The van der Waals surface area contributed by atoms with E-state index in [-0.39, 0.29) is 4.90 Å². The van der Waals surface area contributed by atoms with Gasteiger partial charge in [-0.2, -0.15) is 4.31 Å². The first-order valence-corrected chi connectivity index (χ1v) is 10.8. The molecule has 1 fully saturated rings. The minimum absolute atomic E-state index is 0.134. The van der Waals surface area contributed by atoms with Crippen LogP contribution in [0.25, 0.3) is 5.65 Å². The number of piperazine rings is 1. The van der Waals surface area contributed by atoms with E-state index in [9.17, 15) is 8.42 Å². The Morgan fingerprint density at radius 2 is 1.83 bits per heavy atom. The first-order valence-electron chi connectivity index (χ1n) is 9.38. The van der Waals surface area contributed by atoms with Gasteiger partial charge in [-0.1, -0.05) is 6.07 Å². The maximum absolute atomic E-state index is 13.2. The van der Waals surface area contributed by atoms with Gasteiger partial charge in [-0.05, 0) is 24.3 Å². The molecule has 1 saturated heterocycles. The molecule has 154 valence electrons. The Hall–Kier alpha value is -2.62. The van der Waals surface area contributed by atoms with Gasteiger partial charge in [-0.15, -0.1) is 0 Å². The third kappa shape index (κ3) is 3.81. The molecule has 0 aliphatic carbocycles. The normalized spacial score (nSPS) is 16.2. The second-order valence-corrected chi connectivity index (χ2v) is 8.78. The monoisotopic (exact) mass is 416 g/mol. The zero-order valence-corrected chi connectivity index (χ0v) is 17.3. The van der Waals surface area contributed by atoms with E-state index in [0.717, 1.165) is 17.9 Å². The van der Waals surface area contributed by atoms with Crippen molar-refractivity contribution < 1.29 is 17.9 Å². The molecule has 1 aromatic carbocycles. The van der Waals surface area contributed by atoms with Gasteiger partial charge in [-0.25, -0.2) is 13.4 Å². The van der Waals surface area contributed by atoms with Gasteiger partial charge in [0, 0.05) is 45.0 Å². The van der Waals surface area contributed by atoms with Gasteiger partial charge in [-0.3, -0.25) is 4.90 Å². The van der Waals surface area contributed by atoms with Crippen molar-refractivity contribution >= 4 is 15.7 Å². The summed E-state index contributed by atoms with van der Waals surface area (Å²) in [7, 11) is -0.695. The van der Waals surface area contributed by atoms with E-state index in [1.165, 1.54) is 24.6 Å². The van der Waals surface area contributed by atoms with Gasteiger partial charge in [0.2, 0.25) is 10.0 Å². The number of hydrogen-bond donors (Lipinski definition) is 0. The van der Waals surface area contributed by atoms with E-state index < -0.39 is 10.0 Å². The number of sulfonamides is 1. The van der Waals surface area contributed by atoms with Crippen LogP contribution in [0.5, 0.6) is 11.5 Å². The number of rotatable bonds is 6. The molecule has 0 saturated carbocycles. The van der Waals surface area contributed by atoms with Gasteiger partial charge in [0.15, 0.2) is 0 Å². The highest BCUT2D eigenvalue weighted by Gasteiger charge is 2.31. The molecule has 0 atom stereocenters. The summed E-state index contributed by atoms with van der Waals surface area (Å²) in [6.45, 7) is 2.84. The van der Waals surface area contributed by atoms with Crippen LogP contribution in [0.1, 0.15) is 5.69 Å². The summed E-state index contributed by atoms with van der Waals surface area (Å²) in [5, 5.41) is 0. The lowest BCUT2D eigenvalue weighted by atomic mass is 10.3. The number of ether oxygens (including phenoxy) is 2. The molecule has 0 unspecified atom stereocenters. The Labute approximate surface area is 170 Å². The Bertz CT molecular complexity index is 1100. The summed E-state index contributed by atoms with van der Waals surface area (Å²) in [6, 6.07) is 10.7. The highest BCUT2D eigenvalue weighted by atomic mass is 32.2. The maximum Gasteiger partial charge on any atom is 0.246 e. The molecule has 0 radical (unpaired) electrons. The number of pyridine rings is 1. The molecular weight excluding hydrogens is 392 g/mol. The Morgan fingerprint density at radius 1 is 1.03 bits per heavy atom. The molecule has 1 aliphatic heterocycles. The fourth-order valence-electron chi connectivity index (χ4n) is 3.58. The largest absolute Gasteiger partial charge is 0.497 e. The smallest absolute Gasteiger partial charge is 0.246 e. The SMILES string of the molecule is COc1ccc(OC)c(S(=O)(=O)N2CCN(Cc3cnc4ccccn34)CC2)c1. The van der Waals surface area contributed by atoms with E-state index in [2.05, 4.69) is 14.3 Å². The lowest BCUT2D eigenvalue weighted by Gasteiger charge is -2.34. The fourth-order valence-corrected chi connectivity index (χ4v) is 5.18. The second-order valence-electron chi connectivity index (χ2n) is 6.88. The lowest BCUT2D eigenvalue weighted by Crippen LogP contribution is -2.48. The summed E-state index contributed by atoms with van der Waals surface area (Å²) in [4.78, 5) is 6.79. The molecule has 3 heterocycles. The minimum atomic E-state index is -3.67. The number of methoxy groups -OCH3 is 2. The van der Waals surface area contributed by atoms with Crippen LogP contribution >= 0.6 is 0 Å². The Morgan fingerprint density at radius 3 is 2.55 bits per heavy atom. The molecule has 0 N–H and O–H groups in total. The van der Waals surface area contributed by atoms with E-state index in [0.29, 0.717) is 37.7 Å². The van der Waals surface area contributed by atoms with Crippen molar-refractivity contribution in [3.63, 3.8) is 0 Å². The highest BCUT2D eigenvalue weighted by Crippen LogP contribution is 2.31. The molecule has 1 aliphatic rings. The maximum atomic E-state index is 13.2. The first kappa shape index (κ1) is 19.7. The third-order valence-corrected chi connectivity index (χ3v) is 7.12. The van der Waals surface area contributed by atoms with Crippen LogP contribution in [0.2, 0.25) is 0 Å². The third-order valence-electron chi connectivity index (χ3n) is 5.20. The molecular formula is C20H24N4O4S. The standard InChI is InChI=1S/C20H24N4O4S/c1-27-17-6-7-18(28-2)19(13-17)29(25,26)23-11-9-22(10-12-23)15-16-14-21-20-5-3-4-8-24(16)20/h3-8,13-14H,9-12,15H2,1-2H3. The average Bonchev–Trinajstić information content (AvgIpc) is 3.16. The van der Waals surface area contributed by atoms with E-state index in [4.69, 9.17) is 9.47 Å². The summed E-state index contributed by atoms with van der Waals surface area (Å²) in [5.74, 6) is 0.801. The Balaban J connectivity index is 1.48. The number of hydrogen-bond acceptors (Lipinski definition) is 6. The molecule has 9 heteroatoms. The number of fused-ring (bicyclic) bond motifs is 1. The topological polar surface area (TPSA) is 76.4 Å². The van der Waals surface area contributed by atoms with Crippen molar-refractivity contribution in [3.8, 4) is 11.5 Å². The Kier molecular flexibility index (Phi) is 5.44. The van der Waals surface area contributed by atoms with Crippen molar-refractivity contribution in [2.24, 2.45) is 0 Å². The van der Waals surface area contributed by atoms with Crippen molar-refractivity contribution in [3.05, 3.63) is 54.5 Å². The fraction of sp³-hybridized carbons (Fsp3) is 0.350. The molecule has 4 rings (SSSR count). The van der Waals surface area contributed by atoms with E-state index >= 15 is 0 Å². The molecule has 0 spiro atoms. The predicted molar refractivity (Wildman–Crippen MR) is 109 cm³/mol. The van der Waals surface area contributed by atoms with Gasteiger partial charge < -0.3 is 13.9 Å². The zero-order chi connectivity index (χ0) is 20.4. The van der Waals surface area contributed by atoms with Crippen LogP contribution in [0.15, 0.2) is 53.7 Å². The molecule has 0 amide bonds. The van der Waals surface area contributed by atoms with Crippen LogP contribution in [-0.4, -0.2) is 67.4 Å². The summed E-state index contributed by atoms with van der Waals surface area (Å²) in [6.07, 6.45) is 3.87. The lowest BCUT2D eigenvalue weighted by molar-refractivity contribution is 0.179. The van der Waals surface area contributed by atoms with Crippen LogP contribution in [-0.2, 0) is 16.6 Å². The summed E-state index contributed by atoms with van der Waals surface area (Å²) in [5.41, 5.74) is 2.00. The first-order chi connectivity index (χ1) is 14.0. The molecule has 3 aromatic rings.